The topological polar surface area (TPSA) is 38.7 Å². The molecule has 23 heavy (non-hydrogen) atoms. The Morgan fingerprint density at radius 3 is 2.48 bits per heavy atom. The second kappa shape index (κ2) is 5.81. The number of aromatic nitrogens is 3. The smallest absolute Gasteiger partial charge is 0.223 e. The van der Waals surface area contributed by atoms with Crippen LogP contribution in [0.15, 0.2) is 24.4 Å². The molecule has 0 unspecified atom stereocenters. The summed E-state index contributed by atoms with van der Waals surface area (Å²) in [5, 5.41) is 0.558. The van der Waals surface area contributed by atoms with E-state index in [1.165, 1.54) is 6.07 Å². The quantitative estimate of drug-likeness (QED) is 0.616. The second-order valence-corrected chi connectivity index (χ2v) is 6.04. The van der Waals surface area contributed by atoms with Crippen molar-refractivity contribution in [3.63, 3.8) is 0 Å². The molecule has 0 atom stereocenters. The fourth-order valence-corrected chi connectivity index (χ4v) is 2.74. The van der Waals surface area contributed by atoms with Crippen molar-refractivity contribution < 1.29 is 8.78 Å². The molecular formula is C17H14ClF2N3. The van der Waals surface area contributed by atoms with Crippen LogP contribution in [-0.4, -0.2) is 15.0 Å². The summed E-state index contributed by atoms with van der Waals surface area (Å²) in [7, 11) is 0. The largest absolute Gasteiger partial charge is 0.250 e. The van der Waals surface area contributed by atoms with Gasteiger partial charge in [0.1, 0.15) is 17.0 Å². The third-order valence-electron chi connectivity index (χ3n) is 3.64. The van der Waals surface area contributed by atoms with Gasteiger partial charge in [0, 0.05) is 16.6 Å². The van der Waals surface area contributed by atoms with Gasteiger partial charge in [-0.1, -0.05) is 13.8 Å². The highest BCUT2D eigenvalue weighted by Crippen LogP contribution is 2.32. The molecule has 0 aliphatic rings. The molecule has 2 aromatic heterocycles. The fraction of sp³-hybridized carbons (Fsp3) is 0.235. The maximum absolute atomic E-state index is 14.5. The lowest BCUT2D eigenvalue weighted by molar-refractivity contribution is 0.616. The highest BCUT2D eigenvalue weighted by Gasteiger charge is 2.16. The van der Waals surface area contributed by atoms with Crippen LogP contribution in [-0.2, 0) is 0 Å². The first-order valence-electron chi connectivity index (χ1n) is 7.16. The number of benzene rings is 1. The second-order valence-electron chi connectivity index (χ2n) is 5.70. The first-order valence-corrected chi connectivity index (χ1v) is 7.54. The number of pyridine rings is 1. The van der Waals surface area contributed by atoms with Crippen LogP contribution in [0.5, 0.6) is 0 Å². The average molecular weight is 334 g/mol. The van der Waals surface area contributed by atoms with Crippen molar-refractivity contribution in [3.8, 4) is 11.3 Å². The molecule has 0 radical (unpaired) electrons. The average Bonchev–Trinajstić information content (AvgIpc) is 2.49. The lowest BCUT2D eigenvalue weighted by Crippen LogP contribution is -1.99. The fourth-order valence-electron chi connectivity index (χ4n) is 2.61. The molecule has 0 spiro atoms. The van der Waals surface area contributed by atoms with Crippen molar-refractivity contribution in [2.45, 2.75) is 26.7 Å². The molecule has 3 aromatic rings. The molecule has 0 saturated carbocycles. The Morgan fingerprint density at radius 2 is 1.78 bits per heavy atom. The lowest BCUT2D eigenvalue weighted by Gasteiger charge is -2.13. The van der Waals surface area contributed by atoms with E-state index >= 15 is 0 Å². The number of aryl methyl sites for hydroxylation is 1. The van der Waals surface area contributed by atoms with Crippen molar-refractivity contribution in [1.82, 2.24) is 15.0 Å². The van der Waals surface area contributed by atoms with Gasteiger partial charge in [-0.25, -0.2) is 18.7 Å². The van der Waals surface area contributed by atoms with Gasteiger partial charge < -0.3 is 0 Å². The molecule has 6 heteroatoms. The summed E-state index contributed by atoms with van der Waals surface area (Å²) >= 11 is 5.73. The third-order valence-corrected chi connectivity index (χ3v) is 3.82. The van der Waals surface area contributed by atoms with E-state index in [4.69, 9.17) is 11.6 Å². The highest BCUT2D eigenvalue weighted by atomic mass is 35.5. The number of hydrogen-bond donors (Lipinski definition) is 0. The van der Waals surface area contributed by atoms with Crippen LogP contribution >= 0.6 is 11.6 Å². The van der Waals surface area contributed by atoms with Crippen molar-refractivity contribution in [3.05, 3.63) is 52.6 Å². The number of halogens is 3. The van der Waals surface area contributed by atoms with Gasteiger partial charge in [0.25, 0.3) is 0 Å². The minimum absolute atomic E-state index is 0.0268. The van der Waals surface area contributed by atoms with Crippen molar-refractivity contribution in [2.24, 2.45) is 0 Å². The first kappa shape index (κ1) is 15.7. The number of fused-ring (bicyclic) bond motifs is 1. The Hall–Kier alpha value is -2.14. The van der Waals surface area contributed by atoms with E-state index in [2.05, 4.69) is 15.0 Å². The molecule has 0 N–H and O–H groups in total. The van der Waals surface area contributed by atoms with Gasteiger partial charge >= 0.3 is 0 Å². The molecular weight excluding hydrogens is 320 g/mol. The SMILES string of the molecule is Cc1cc(C(C)C)c2cc(-c3nc(Cl)ncc3F)cc(F)c2n1. The summed E-state index contributed by atoms with van der Waals surface area (Å²) < 4.78 is 28.5. The Morgan fingerprint density at radius 1 is 1.04 bits per heavy atom. The first-order chi connectivity index (χ1) is 10.9. The molecule has 0 saturated heterocycles. The third kappa shape index (κ3) is 2.88. The van der Waals surface area contributed by atoms with Gasteiger partial charge in [0.2, 0.25) is 5.28 Å². The van der Waals surface area contributed by atoms with Gasteiger partial charge in [-0.15, -0.1) is 0 Å². The van der Waals surface area contributed by atoms with Crippen LogP contribution in [0.4, 0.5) is 8.78 Å². The molecule has 0 bridgehead atoms. The molecule has 0 amide bonds. The summed E-state index contributed by atoms with van der Waals surface area (Å²) in [6, 6.07) is 4.84. The molecule has 2 heterocycles. The van der Waals surface area contributed by atoms with Gasteiger partial charge in [0.15, 0.2) is 5.82 Å². The van der Waals surface area contributed by atoms with Crippen LogP contribution < -0.4 is 0 Å². The van der Waals surface area contributed by atoms with Gasteiger partial charge in [0.05, 0.1) is 6.20 Å². The Balaban J connectivity index is 2.35. The maximum Gasteiger partial charge on any atom is 0.223 e. The van der Waals surface area contributed by atoms with Gasteiger partial charge in [-0.05, 0) is 48.2 Å². The lowest BCUT2D eigenvalue weighted by atomic mass is 9.95. The molecule has 1 aromatic carbocycles. The predicted molar refractivity (Wildman–Crippen MR) is 86.5 cm³/mol. The van der Waals surface area contributed by atoms with E-state index in [9.17, 15) is 8.78 Å². The molecule has 0 fully saturated rings. The zero-order valence-corrected chi connectivity index (χ0v) is 13.6. The molecule has 118 valence electrons. The zero-order valence-electron chi connectivity index (χ0n) is 12.9. The number of hydrogen-bond acceptors (Lipinski definition) is 3. The van der Waals surface area contributed by atoms with E-state index in [0.29, 0.717) is 10.9 Å². The van der Waals surface area contributed by atoms with Gasteiger partial charge in [-0.3, -0.25) is 4.98 Å². The molecule has 3 rings (SSSR count). The van der Waals surface area contributed by atoms with Crippen LogP contribution in [0.1, 0.15) is 31.0 Å². The summed E-state index contributed by atoms with van der Waals surface area (Å²) in [5.41, 5.74) is 2.25. The summed E-state index contributed by atoms with van der Waals surface area (Å²) in [5.74, 6) is -0.996. The predicted octanol–water partition coefficient (Wildman–Crippen LogP) is 5.06. The van der Waals surface area contributed by atoms with E-state index in [1.54, 1.807) is 6.07 Å². The van der Waals surface area contributed by atoms with Crippen molar-refractivity contribution in [1.29, 1.82) is 0 Å². The molecule has 3 nitrogen and oxygen atoms in total. The van der Waals surface area contributed by atoms with Crippen LogP contribution in [0.25, 0.3) is 22.2 Å². The Bertz CT molecular complexity index is 910. The molecule has 0 aliphatic carbocycles. The minimum Gasteiger partial charge on any atom is -0.250 e. The van der Waals surface area contributed by atoms with E-state index in [1.807, 2.05) is 26.8 Å². The maximum atomic E-state index is 14.5. The Kier molecular flexibility index (Phi) is 3.98. The zero-order chi connectivity index (χ0) is 16.7. The van der Waals surface area contributed by atoms with Gasteiger partial charge in [-0.2, -0.15) is 0 Å². The summed E-state index contributed by atoms with van der Waals surface area (Å²) in [4.78, 5) is 11.7. The van der Waals surface area contributed by atoms with Crippen LogP contribution in [0.3, 0.4) is 0 Å². The highest BCUT2D eigenvalue weighted by molar-refractivity contribution is 6.28. The normalized spacial score (nSPS) is 11.4. The van der Waals surface area contributed by atoms with Crippen LogP contribution in [0, 0.1) is 18.6 Å². The van der Waals surface area contributed by atoms with E-state index in [-0.39, 0.29) is 22.4 Å². The number of nitrogens with zero attached hydrogens (tertiary/aromatic N) is 3. The monoisotopic (exact) mass is 333 g/mol. The minimum atomic E-state index is -0.653. The molecule has 0 aliphatic heterocycles. The van der Waals surface area contributed by atoms with E-state index in [0.717, 1.165) is 17.5 Å². The van der Waals surface area contributed by atoms with Crippen LogP contribution in [0.2, 0.25) is 5.28 Å². The van der Waals surface area contributed by atoms with Crippen molar-refractivity contribution in [2.75, 3.05) is 0 Å². The standard InChI is InChI=1S/C17H14ClF2N3/c1-8(2)11-4-9(3)22-16-12(11)5-10(6-13(16)19)15-14(20)7-21-17(18)23-15/h4-8H,1-3H3. The van der Waals surface area contributed by atoms with Crippen molar-refractivity contribution >= 4 is 22.5 Å². The number of rotatable bonds is 2. The Labute approximate surface area is 137 Å². The summed E-state index contributed by atoms with van der Waals surface area (Å²) in [6.45, 7) is 5.85. The summed E-state index contributed by atoms with van der Waals surface area (Å²) in [6.07, 6.45) is 0.976. The van der Waals surface area contributed by atoms with E-state index < -0.39 is 11.6 Å².